The van der Waals surface area contributed by atoms with E-state index < -0.39 is 0 Å². The number of nitrogens with one attached hydrogen (secondary N) is 1. The molecule has 0 bridgehead atoms. The van der Waals surface area contributed by atoms with Gasteiger partial charge < -0.3 is 15.0 Å². The third kappa shape index (κ3) is 3.52. The van der Waals surface area contributed by atoms with Crippen LogP contribution in [-0.4, -0.2) is 41.7 Å². The van der Waals surface area contributed by atoms with Crippen molar-refractivity contribution in [3.8, 4) is 6.01 Å². The van der Waals surface area contributed by atoms with E-state index in [2.05, 4.69) is 20.3 Å². The Kier molecular flexibility index (Phi) is 3.51. The molecule has 1 rings (SSSR count). The van der Waals surface area contributed by atoms with E-state index in [1.165, 1.54) is 0 Å². The number of hydrogen-bond acceptors (Lipinski definition) is 6. The number of anilines is 2. The summed E-state index contributed by atoms with van der Waals surface area (Å²) in [5, 5.41) is 2.88. The Morgan fingerprint density at radius 1 is 1.12 bits per heavy atom. The number of rotatable bonds is 3. The summed E-state index contributed by atoms with van der Waals surface area (Å²) in [6.07, 6.45) is 0. The van der Waals surface area contributed by atoms with E-state index in [4.69, 9.17) is 4.74 Å². The average molecular weight is 225 g/mol. The zero-order valence-corrected chi connectivity index (χ0v) is 10.7. The molecule has 0 aliphatic carbocycles. The molecule has 0 spiro atoms. The van der Waals surface area contributed by atoms with Crippen molar-refractivity contribution in [3.63, 3.8) is 0 Å². The third-order valence-electron chi connectivity index (χ3n) is 1.62. The summed E-state index contributed by atoms with van der Waals surface area (Å²) in [4.78, 5) is 14.3. The molecule has 0 aliphatic heterocycles. The highest BCUT2D eigenvalue weighted by atomic mass is 16.5. The lowest BCUT2D eigenvalue weighted by molar-refractivity contribution is 0.117. The van der Waals surface area contributed by atoms with E-state index in [-0.39, 0.29) is 5.60 Å². The van der Waals surface area contributed by atoms with Gasteiger partial charge in [-0.3, -0.25) is 0 Å². The summed E-state index contributed by atoms with van der Waals surface area (Å²) in [7, 11) is 5.50. The molecule has 16 heavy (non-hydrogen) atoms. The maximum atomic E-state index is 5.61. The van der Waals surface area contributed by atoms with E-state index in [9.17, 15) is 0 Å². The van der Waals surface area contributed by atoms with Gasteiger partial charge in [0.2, 0.25) is 11.9 Å². The first-order valence-corrected chi connectivity index (χ1v) is 5.12. The van der Waals surface area contributed by atoms with Crippen LogP contribution in [-0.2, 0) is 0 Å². The molecule has 1 aromatic heterocycles. The molecule has 0 aromatic carbocycles. The maximum absolute atomic E-state index is 5.61. The van der Waals surface area contributed by atoms with Crippen LogP contribution in [0.2, 0.25) is 0 Å². The Balaban J connectivity index is 3.04. The topological polar surface area (TPSA) is 63.2 Å². The van der Waals surface area contributed by atoms with Gasteiger partial charge >= 0.3 is 6.01 Å². The van der Waals surface area contributed by atoms with Gasteiger partial charge in [-0.2, -0.15) is 15.0 Å². The minimum atomic E-state index is -0.323. The van der Waals surface area contributed by atoms with Crippen LogP contribution in [0.5, 0.6) is 6.01 Å². The minimum absolute atomic E-state index is 0.323. The standard InChI is InChI=1S/C10H19N5O/c1-10(2,3)16-9-13-7(11-4)12-8(14-9)15(5)6/h1-6H3,(H,11,12,13,14). The van der Waals surface area contributed by atoms with Gasteiger partial charge in [-0.05, 0) is 20.8 Å². The Bertz CT molecular complexity index is 359. The average Bonchev–Trinajstić information content (AvgIpc) is 2.14. The highest BCUT2D eigenvalue weighted by molar-refractivity contribution is 5.36. The van der Waals surface area contributed by atoms with Crippen LogP contribution in [0, 0.1) is 0 Å². The smallest absolute Gasteiger partial charge is 0.323 e. The molecule has 0 atom stereocenters. The molecule has 1 heterocycles. The first-order chi connectivity index (χ1) is 7.31. The quantitative estimate of drug-likeness (QED) is 0.832. The second kappa shape index (κ2) is 4.51. The minimum Gasteiger partial charge on any atom is -0.458 e. The molecule has 0 saturated heterocycles. The Morgan fingerprint density at radius 2 is 1.75 bits per heavy atom. The van der Waals surface area contributed by atoms with Crippen LogP contribution in [0.4, 0.5) is 11.9 Å². The largest absolute Gasteiger partial charge is 0.458 e. The monoisotopic (exact) mass is 225 g/mol. The van der Waals surface area contributed by atoms with Crippen molar-refractivity contribution >= 4 is 11.9 Å². The van der Waals surface area contributed by atoms with E-state index >= 15 is 0 Å². The molecule has 6 nitrogen and oxygen atoms in total. The first kappa shape index (κ1) is 12.5. The zero-order valence-electron chi connectivity index (χ0n) is 10.7. The summed E-state index contributed by atoms with van der Waals surface area (Å²) in [5.41, 5.74) is -0.323. The van der Waals surface area contributed by atoms with Crippen molar-refractivity contribution in [3.05, 3.63) is 0 Å². The summed E-state index contributed by atoms with van der Waals surface area (Å²) >= 11 is 0. The van der Waals surface area contributed by atoms with Crippen molar-refractivity contribution < 1.29 is 4.74 Å². The molecule has 6 heteroatoms. The van der Waals surface area contributed by atoms with Crippen molar-refractivity contribution in [1.82, 2.24) is 15.0 Å². The van der Waals surface area contributed by atoms with Crippen molar-refractivity contribution in [2.75, 3.05) is 31.4 Å². The zero-order chi connectivity index (χ0) is 12.3. The van der Waals surface area contributed by atoms with Gasteiger partial charge in [-0.25, -0.2) is 0 Å². The van der Waals surface area contributed by atoms with Gasteiger partial charge in [0, 0.05) is 21.1 Å². The molecule has 90 valence electrons. The molecule has 0 saturated carbocycles. The summed E-state index contributed by atoms with van der Waals surface area (Å²) in [5.74, 6) is 1.07. The predicted octanol–water partition coefficient (Wildman–Crippen LogP) is 1.16. The van der Waals surface area contributed by atoms with Crippen molar-refractivity contribution in [1.29, 1.82) is 0 Å². The molecule has 1 aromatic rings. The van der Waals surface area contributed by atoms with Crippen LogP contribution in [0.3, 0.4) is 0 Å². The fraction of sp³-hybridized carbons (Fsp3) is 0.700. The van der Waals surface area contributed by atoms with Gasteiger partial charge in [0.15, 0.2) is 0 Å². The molecule has 0 radical (unpaired) electrons. The van der Waals surface area contributed by atoms with Crippen LogP contribution in [0.15, 0.2) is 0 Å². The number of aromatic nitrogens is 3. The van der Waals surface area contributed by atoms with Crippen molar-refractivity contribution in [2.45, 2.75) is 26.4 Å². The highest BCUT2D eigenvalue weighted by Gasteiger charge is 2.16. The van der Waals surface area contributed by atoms with Gasteiger partial charge in [0.1, 0.15) is 5.60 Å². The maximum Gasteiger partial charge on any atom is 0.323 e. The fourth-order valence-electron chi connectivity index (χ4n) is 0.977. The SMILES string of the molecule is CNc1nc(OC(C)(C)C)nc(N(C)C)n1. The number of hydrogen-bond donors (Lipinski definition) is 1. The van der Waals surface area contributed by atoms with E-state index in [1.807, 2.05) is 34.9 Å². The van der Waals surface area contributed by atoms with E-state index in [0.717, 1.165) is 0 Å². The van der Waals surface area contributed by atoms with Gasteiger partial charge in [-0.1, -0.05) is 0 Å². The van der Waals surface area contributed by atoms with Crippen molar-refractivity contribution in [2.24, 2.45) is 0 Å². The summed E-state index contributed by atoms with van der Waals surface area (Å²) < 4.78 is 5.61. The number of ether oxygens (including phenoxy) is 1. The molecular weight excluding hydrogens is 206 g/mol. The Morgan fingerprint density at radius 3 is 2.19 bits per heavy atom. The lowest BCUT2D eigenvalue weighted by Crippen LogP contribution is -2.25. The Hall–Kier alpha value is -1.59. The lowest BCUT2D eigenvalue weighted by atomic mass is 10.2. The Labute approximate surface area is 96.1 Å². The van der Waals surface area contributed by atoms with Crippen LogP contribution in [0.25, 0.3) is 0 Å². The molecular formula is C10H19N5O. The number of nitrogens with zero attached hydrogens (tertiary/aromatic N) is 4. The van der Waals surface area contributed by atoms with Gasteiger partial charge in [-0.15, -0.1) is 0 Å². The first-order valence-electron chi connectivity index (χ1n) is 5.12. The molecule has 0 amide bonds. The fourth-order valence-corrected chi connectivity index (χ4v) is 0.977. The predicted molar refractivity (Wildman–Crippen MR) is 64.1 cm³/mol. The lowest BCUT2D eigenvalue weighted by Gasteiger charge is -2.20. The third-order valence-corrected chi connectivity index (χ3v) is 1.62. The van der Waals surface area contributed by atoms with E-state index in [1.54, 1.807) is 11.9 Å². The van der Waals surface area contributed by atoms with Gasteiger partial charge in [0.25, 0.3) is 0 Å². The van der Waals surface area contributed by atoms with Gasteiger partial charge in [0.05, 0.1) is 0 Å². The molecule has 0 fully saturated rings. The molecule has 1 N–H and O–H groups in total. The second-order valence-corrected chi connectivity index (χ2v) is 4.60. The normalized spacial score (nSPS) is 11.1. The van der Waals surface area contributed by atoms with E-state index in [0.29, 0.717) is 17.9 Å². The second-order valence-electron chi connectivity index (χ2n) is 4.60. The molecule has 0 unspecified atom stereocenters. The molecule has 0 aliphatic rings. The summed E-state index contributed by atoms with van der Waals surface area (Å²) in [6, 6.07) is 0.329. The van der Waals surface area contributed by atoms with Crippen LogP contribution >= 0.6 is 0 Å². The van der Waals surface area contributed by atoms with Crippen LogP contribution < -0.4 is 15.0 Å². The highest BCUT2D eigenvalue weighted by Crippen LogP contribution is 2.17. The summed E-state index contributed by atoms with van der Waals surface area (Å²) in [6.45, 7) is 5.85. The van der Waals surface area contributed by atoms with Crippen LogP contribution in [0.1, 0.15) is 20.8 Å².